The van der Waals surface area contributed by atoms with Crippen molar-refractivity contribution in [2.75, 3.05) is 0 Å². The largest absolute Gasteiger partial charge is 0.295 e. The van der Waals surface area contributed by atoms with Crippen LogP contribution in [0, 0.1) is 0 Å². The van der Waals surface area contributed by atoms with Gasteiger partial charge in [-0.3, -0.25) is 4.79 Å². The van der Waals surface area contributed by atoms with Crippen LogP contribution in [-0.2, 0) is 6.42 Å². The summed E-state index contributed by atoms with van der Waals surface area (Å²) in [6.45, 7) is 0. The van der Waals surface area contributed by atoms with Gasteiger partial charge in [-0.05, 0) is 36.4 Å². The highest BCUT2D eigenvalue weighted by atomic mass is 79.9. The zero-order chi connectivity index (χ0) is 9.42. The van der Waals surface area contributed by atoms with Crippen LogP contribution in [0.3, 0.4) is 0 Å². The van der Waals surface area contributed by atoms with Crippen LogP contribution in [0.2, 0.25) is 5.82 Å². The van der Waals surface area contributed by atoms with Gasteiger partial charge in [0.15, 0.2) is 5.78 Å². The van der Waals surface area contributed by atoms with Crippen LogP contribution in [0.15, 0.2) is 22.7 Å². The van der Waals surface area contributed by atoms with Crippen molar-refractivity contribution in [2.45, 2.75) is 18.7 Å². The third kappa shape index (κ3) is 1.57. The number of carbonyl (C=O) groups is 1. The van der Waals surface area contributed by atoms with Crippen molar-refractivity contribution in [3.8, 4) is 0 Å². The molecule has 0 aromatic heterocycles. The summed E-state index contributed by atoms with van der Waals surface area (Å²) in [6.07, 6.45) is 2.02. The minimum atomic E-state index is 0.202. The lowest BCUT2D eigenvalue weighted by atomic mass is 9.72. The summed E-state index contributed by atoms with van der Waals surface area (Å²) in [7, 11) is 2.01. The van der Waals surface area contributed by atoms with Crippen LogP contribution in [0.4, 0.5) is 0 Å². The van der Waals surface area contributed by atoms with Gasteiger partial charge in [0.2, 0.25) is 0 Å². The predicted octanol–water partition coefficient (Wildman–Crippen LogP) is 2.00. The highest BCUT2D eigenvalue weighted by molar-refractivity contribution is 9.10. The van der Waals surface area contributed by atoms with Gasteiger partial charge in [0.1, 0.15) is 7.85 Å². The maximum Gasteiger partial charge on any atom is 0.158 e. The van der Waals surface area contributed by atoms with Crippen LogP contribution in [-0.4, -0.2) is 13.6 Å². The van der Waals surface area contributed by atoms with E-state index in [2.05, 4.69) is 22.0 Å². The lowest BCUT2D eigenvalue weighted by Gasteiger charge is -2.20. The molecule has 1 nitrogen and oxygen atoms in total. The fourth-order valence-electron chi connectivity index (χ4n) is 1.78. The first-order valence-electron chi connectivity index (χ1n) is 4.51. The molecule has 0 saturated heterocycles. The summed E-state index contributed by atoms with van der Waals surface area (Å²) in [6, 6.07) is 5.92. The van der Waals surface area contributed by atoms with Gasteiger partial charge in [-0.2, -0.15) is 0 Å². The van der Waals surface area contributed by atoms with Crippen molar-refractivity contribution in [3.05, 3.63) is 33.8 Å². The summed E-state index contributed by atoms with van der Waals surface area (Å²) in [4.78, 5) is 11.7. The van der Waals surface area contributed by atoms with E-state index in [-0.39, 0.29) is 5.82 Å². The van der Waals surface area contributed by atoms with E-state index in [1.807, 2.05) is 20.0 Å². The topological polar surface area (TPSA) is 17.1 Å². The number of Topliss-reactive ketones (excluding diaryl/α,β-unsaturated/α-hetero) is 1. The molecule has 0 spiro atoms. The zero-order valence-corrected chi connectivity index (χ0v) is 9.10. The normalized spacial score (nSPS) is 21.3. The number of ketones is 1. The summed E-state index contributed by atoms with van der Waals surface area (Å²) in [5.74, 6) is 0.502. The highest BCUT2D eigenvalue weighted by Crippen LogP contribution is 2.29. The average molecular weight is 237 g/mol. The van der Waals surface area contributed by atoms with Gasteiger partial charge in [-0.25, -0.2) is 0 Å². The van der Waals surface area contributed by atoms with Crippen LogP contribution in [0.5, 0.6) is 0 Å². The summed E-state index contributed by atoms with van der Waals surface area (Å²) in [5, 5.41) is 0. The molecular weight excluding hydrogens is 227 g/mol. The molecule has 0 aliphatic heterocycles. The van der Waals surface area contributed by atoms with Gasteiger partial charge in [-0.15, -0.1) is 0 Å². The Morgan fingerprint density at radius 2 is 2.23 bits per heavy atom. The summed E-state index contributed by atoms with van der Waals surface area (Å²) >= 11 is 3.41. The van der Waals surface area contributed by atoms with Crippen molar-refractivity contribution < 1.29 is 4.79 Å². The molecule has 3 heteroatoms. The van der Waals surface area contributed by atoms with Gasteiger partial charge < -0.3 is 0 Å². The SMILES string of the molecule is BC1CCc2cc(Br)ccc2C1=O. The number of rotatable bonds is 0. The van der Waals surface area contributed by atoms with Crippen LogP contribution in [0.25, 0.3) is 0 Å². The van der Waals surface area contributed by atoms with Gasteiger partial charge in [0.05, 0.1) is 0 Å². The number of halogens is 1. The van der Waals surface area contributed by atoms with E-state index in [4.69, 9.17) is 0 Å². The molecule has 0 bridgehead atoms. The Labute approximate surface area is 87.1 Å². The first-order chi connectivity index (χ1) is 6.18. The van der Waals surface area contributed by atoms with E-state index in [0.717, 1.165) is 22.9 Å². The molecule has 0 N–H and O–H groups in total. The molecule has 2 rings (SSSR count). The molecule has 0 saturated carbocycles. The number of aryl methyl sites for hydroxylation is 1. The molecule has 1 aromatic rings. The van der Waals surface area contributed by atoms with Crippen molar-refractivity contribution in [1.82, 2.24) is 0 Å². The van der Waals surface area contributed by atoms with Crippen LogP contribution in [0.1, 0.15) is 22.3 Å². The second-order valence-corrected chi connectivity index (χ2v) is 4.52. The molecule has 1 atom stereocenters. The Balaban J connectivity index is 2.50. The molecule has 1 aliphatic carbocycles. The van der Waals surface area contributed by atoms with Gasteiger partial charge >= 0.3 is 0 Å². The second-order valence-electron chi connectivity index (χ2n) is 3.61. The number of hydrogen-bond acceptors (Lipinski definition) is 1. The second kappa shape index (κ2) is 3.30. The predicted molar refractivity (Wildman–Crippen MR) is 59.1 cm³/mol. The van der Waals surface area contributed by atoms with E-state index in [0.29, 0.717) is 5.78 Å². The van der Waals surface area contributed by atoms with E-state index < -0.39 is 0 Å². The molecule has 66 valence electrons. The molecule has 0 radical (unpaired) electrons. The van der Waals surface area contributed by atoms with Crippen molar-refractivity contribution in [2.24, 2.45) is 0 Å². The minimum Gasteiger partial charge on any atom is -0.295 e. The lowest BCUT2D eigenvalue weighted by molar-refractivity contribution is 0.0973. The molecule has 1 aliphatic rings. The number of carbonyl (C=O) groups excluding carboxylic acids is 1. The molecule has 13 heavy (non-hydrogen) atoms. The smallest absolute Gasteiger partial charge is 0.158 e. The Morgan fingerprint density at radius 3 is 3.00 bits per heavy atom. The van der Waals surface area contributed by atoms with Gasteiger partial charge in [-0.1, -0.05) is 22.0 Å². The first-order valence-corrected chi connectivity index (χ1v) is 5.30. The number of benzene rings is 1. The maximum atomic E-state index is 11.7. The fourth-order valence-corrected chi connectivity index (χ4v) is 2.19. The standard InChI is InChI=1S/C10H10BBrO/c11-9-4-1-6-5-7(12)2-3-8(6)10(9)13/h2-3,5,9H,1,4,11H2. The van der Waals surface area contributed by atoms with Crippen molar-refractivity contribution >= 4 is 29.6 Å². The monoisotopic (exact) mass is 236 g/mol. The molecule has 0 fully saturated rings. The lowest BCUT2D eigenvalue weighted by Crippen LogP contribution is -2.17. The van der Waals surface area contributed by atoms with E-state index in [1.54, 1.807) is 0 Å². The minimum absolute atomic E-state index is 0.202. The Bertz CT molecular complexity index is 362. The van der Waals surface area contributed by atoms with E-state index >= 15 is 0 Å². The summed E-state index contributed by atoms with van der Waals surface area (Å²) in [5.41, 5.74) is 2.11. The highest BCUT2D eigenvalue weighted by Gasteiger charge is 2.23. The van der Waals surface area contributed by atoms with Gasteiger partial charge in [0, 0.05) is 10.0 Å². The van der Waals surface area contributed by atoms with Crippen molar-refractivity contribution in [3.63, 3.8) is 0 Å². The number of hydrogen-bond donors (Lipinski definition) is 0. The molecule has 1 unspecified atom stereocenters. The fraction of sp³-hybridized carbons (Fsp3) is 0.300. The molecule has 0 heterocycles. The zero-order valence-electron chi connectivity index (χ0n) is 7.51. The van der Waals surface area contributed by atoms with Crippen LogP contribution >= 0.6 is 15.9 Å². The quantitative estimate of drug-likeness (QED) is 0.630. The third-order valence-electron chi connectivity index (χ3n) is 2.63. The van der Waals surface area contributed by atoms with Crippen LogP contribution < -0.4 is 0 Å². The molecule has 0 amide bonds. The Hall–Kier alpha value is -0.565. The summed E-state index contributed by atoms with van der Waals surface area (Å²) < 4.78 is 1.06. The Morgan fingerprint density at radius 1 is 1.46 bits per heavy atom. The van der Waals surface area contributed by atoms with Crippen molar-refractivity contribution in [1.29, 1.82) is 0 Å². The third-order valence-corrected chi connectivity index (χ3v) is 3.12. The first kappa shape index (κ1) is 9.01. The average Bonchev–Trinajstić information content (AvgIpc) is 2.12. The van der Waals surface area contributed by atoms with E-state index in [9.17, 15) is 4.79 Å². The Kier molecular flexibility index (Phi) is 2.28. The molecular formula is C10H10BBrO. The van der Waals surface area contributed by atoms with Gasteiger partial charge in [0.25, 0.3) is 0 Å². The maximum absolute atomic E-state index is 11.7. The van der Waals surface area contributed by atoms with E-state index in [1.165, 1.54) is 5.56 Å². The molecule has 1 aromatic carbocycles. The number of fused-ring (bicyclic) bond motifs is 1.